The minimum atomic E-state index is -1.47. The van der Waals surface area contributed by atoms with E-state index >= 15 is 0 Å². The van der Waals surface area contributed by atoms with Crippen molar-refractivity contribution in [3.8, 4) is 0 Å². The van der Waals surface area contributed by atoms with Gasteiger partial charge in [-0.3, -0.25) is 4.79 Å². The molecule has 0 amide bonds. The molecule has 1 atom stereocenters. The lowest BCUT2D eigenvalue weighted by atomic mass is 10.4. The van der Waals surface area contributed by atoms with Crippen LogP contribution in [0.4, 0.5) is 4.79 Å². The minimum absolute atomic E-state index is 0.356. The van der Waals surface area contributed by atoms with E-state index in [2.05, 4.69) is 9.47 Å². The summed E-state index contributed by atoms with van der Waals surface area (Å²) in [7, 11) is 0. The van der Waals surface area contributed by atoms with Crippen LogP contribution in [-0.4, -0.2) is 41.7 Å². The normalized spacial score (nSPS) is 11.8. The third kappa shape index (κ3) is 5.48. The SMILES string of the molecule is CC(=O)OC(CO)COC(=O)O. The second-order valence-electron chi connectivity index (χ2n) is 1.99. The van der Waals surface area contributed by atoms with Crippen molar-refractivity contribution in [1.29, 1.82) is 0 Å². The molecular formula is C6H10O6. The van der Waals surface area contributed by atoms with Gasteiger partial charge in [-0.1, -0.05) is 0 Å². The van der Waals surface area contributed by atoms with Gasteiger partial charge in [-0.15, -0.1) is 0 Å². The quantitative estimate of drug-likeness (QED) is 0.569. The number of aliphatic hydroxyl groups is 1. The molecule has 0 aromatic carbocycles. The molecule has 2 N–H and O–H groups in total. The zero-order valence-corrected chi connectivity index (χ0v) is 6.52. The van der Waals surface area contributed by atoms with Crippen LogP contribution in [0.2, 0.25) is 0 Å². The van der Waals surface area contributed by atoms with E-state index in [4.69, 9.17) is 10.2 Å². The predicted molar refractivity (Wildman–Crippen MR) is 36.6 cm³/mol. The zero-order chi connectivity index (χ0) is 9.56. The molecule has 1 unspecified atom stereocenters. The van der Waals surface area contributed by atoms with Crippen LogP contribution in [0.5, 0.6) is 0 Å². The number of ether oxygens (including phenoxy) is 2. The van der Waals surface area contributed by atoms with Crippen LogP contribution < -0.4 is 0 Å². The fourth-order valence-corrected chi connectivity index (χ4v) is 0.523. The van der Waals surface area contributed by atoms with Gasteiger partial charge in [-0.05, 0) is 0 Å². The second-order valence-corrected chi connectivity index (χ2v) is 1.99. The molecular weight excluding hydrogens is 168 g/mol. The first-order valence-corrected chi connectivity index (χ1v) is 3.20. The molecule has 0 spiro atoms. The maximum absolute atomic E-state index is 10.3. The number of hydrogen-bond donors (Lipinski definition) is 2. The molecule has 0 aliphatic rings. The molecule has 12 heavy (non-hydrogen) atoms. The molecule has 0 aromatic heterocycles. The molecule has 0 aliphatic carbocycles. The molecule has 0 fully saturated rings. The summed E-state index contributed by atoms with van der Waals surface area (Å²) in [6.07, 6.45) is -2.39. The van der Waals surface area contributed by atoms with Gasteiger partial charge in [0.1, 0.15) is 6.61 Å². The van der Waals surface area contributed by atoms with E-state index < -0.39 is 24.8 Å². The largest absolute Gasteiger partial charge is 0.505 e. The number of carbonyl (C=O) groups excluding carboxylic acids is 1. The number of esters is 1. The molecule has 6 nitrogen and oxygen atoms in total. The summed E-state index contributed by atoms with van der Waals surface area (Å²) in [5.41, 5.74) is 0. The van der Waals surface area contributed by atoms with Crippen LogP contribution >= 0.6 is 0 Å². The monoisotopic (exact) mass is 178 g/mol. The van der Waals surface area contributed by atoms with Crippen LogP contribution in [-0.2, 0) is 14.3 Å². The molecule has 70 valence electrons. The lowest BCUT2D eigenvalue weighted by molar-refractivity contribution is -0.151. The van der Waals surface area contributed by atoms with Crippen LogP contribution in [0.15, 0.2) is 0 Å². The first kappa shape index (κ1) is 10.7. The zero-order valence-electron chi connectivity index (χ0n) is 6.52. The molecule has 0 saturated heterocycles. The number of carboxylic acid groups (broad SMARTS) is 1. The number of hydrogen-bond acceptors (Lipinski definition) is 5. The van der Waals surface area contributed by atoms with Crippen molar-refractivity contribution in [3.63, 3.8) is 0 Å². The number of rotatable bonds is 4. The summed E-state index contributed by atoms with van der Waals surface area (Å²) in [6, 6.07) is 0. The Hall–Kier alpha value is -1.30. The fourth-order valence-electron chi connectivity index (χ4n) is 0.523. The summed E-state index contributed by atoms with van der Waals surface area (Å²) in [4.78, 5) is 20.2. The molecule has 0 heterocycles. The Kier molecular flexibility index (Phi) is 4.78. The smallest absolute Gasteiger partial charge is 0.456 e. The van der Waals surface area contributed by atoms with E-state index in [1.54, 1.807) is 0 Å². The first-order valence-electron chi connectivity index (χ1n) is 3.20. The van der Waals surface area contributed by atoms with E-state index in [1.165, 1.54) is 0 Å². The third-order valence-corrected chi connectivity index (χ3v) is 0.929. The van der Waals surface area contributed by atoms with Crippen molar-refractivity contribution in [3.05, 3.63) is 0 Å². The van der Waals surface area contributed by atoms with Crippen LogP contribution in [0.25, 0.3) is 0 Å². The highest BCUT2D eigenvalue weighted by Gasteiger charge is 2.12. The Bertz CT molecular complexity index is 165. The lowest BCUT2D eigenvalue weighted by Gasteiger charge is -2.12. The topological polar surface area (TPSA) is 93.1 Å². The highest BCUT2D eigenvalue weighted by molar-refractivity contribution is 5.66. The molecule has 0 radical (unpaired) electrons. The van der Waals surface area contributed by atoms with Gasteiger partial charge in [-0.25, -0.2) is 4.79 Å². The predicted octanol–water partition coefficient (Wildman–Crippen LogP) is -0.395. The third-order valence-electron chi connectivity index (χ3n) is 0.929. The molecule has 0 aliphatic heterocycles. The van der Waals surface area contributed by atoms with Gasteiger partial charge >= 0.3 is 12.1 Å². The van der Waals surface area contributed by atoms with E-state index in [-0.39, 0.29) is 6.61 Å². The van der Waals surface area contributed by atoms with Gasteiger partial charge in [0, 0.05) is 6.92 Å². The van der Waals surface area contributed by atoms with E-state index in [1.807, 2.05) is 0 Å². The summed E-state index contributed by atoms with van der Waals surface area (Å²) < 4.78 is 8.55. The highest BCUT2D eigenvalue weighted by atomic mass is 16.7. The van der Waals surface area contributed by atoms with Gasteiger partial charge in [0.15, 0.2) is 6.10 Å². The van der Waals surface area contributed by atoms with Gasteiger partial charge in [-0.2, -0.15) is 0 Å². The highest BCUT2D eigenvalue weighted by Crippen LogP contribution is 1.93. The lowest BCUT2D eigenvalue weighted by Crippen LogP contribution is -2.27. The van der Waals surface area contributed by atoms with E-state index in [9.17, 15) is 9.59 Å². The van der Waals surface area contributed by atoms with E-state index in [0.29, 0.717) is 0 Å². The van der Waals surface area contributed by atoms with Gasteiger partial charge in [0.05, 0.1) is 6.61 Å². The Morgan fingerprint density at radius 1 is 1.50 bits per heavy atom. The molecule has 0 bridgehead atoms. The molecule has 0 rings (SSSR count). The first-order chi connectivity index (χ1) is 5.56. The summed E-state index contributed by atoms with van der Waals surface area (Å²) in [6.45, 7) is 0.335. The standard InChI is InChI=1S/C6H10O6/c1-4(8)12-5(2-7)3-11-6(9)10/h5,7H,2-3H2,1H3,(H,9,10). The maximum Gasteiger partial charge on any atom is 0.505 e. The number of aliphatic hydroxyl groups excluding tert-OH is 1. The van der Waals surface area contributed by atoms with Crippen molar-refractivity contribution in [2.45, 2.75) is 13.0 Å². The number of carbonyl (C=O) groups is 2. The van der Waals surface area contributed by atoms with Crippen molar-refractivity contribution in [2.75, 3.05) is 13.2 Å². The Labute approximate surface area is 68.7 Å². The maximum atomic E-state index is 10.3. The van der Waals surface area contributed by atoms with Gasteiger partial charge in [0.25, 0.3) is 0 Å². The Balaban J connectivity index is 3.67. The summed E-state index contributed by atoms with van der Waals surface area (Å²) in [5, 5.41) is 16.6. The van der Waals surface area contributed by atoms with Gasteiger partial charge in [0.2, 0.25) is 0 Å². The molecule has 6 heteroatoms. The summed E-state index contributed by atoms with van der Waals surface area (Å²) in [5.74, 6) is -0.594. The molecule has 0 aromatic rings. The fraction of sp³-hybridized carbons (Fsp3) is 0.667. The second kappa shape index (κ2) is 5.36. The Morgan fingerprint density at radius 3 is 2.42 bits per heavy atom. The van der Waals surface area contributed by atoms with Crippen molar-refractivity contribution in [1.82, 2.24) is 0 Å². The van der Waals surface area contributed by atoms with Crippen molar-refractivity contribution in [2.24, 2.45) is 0 Å². The van der Waals surface area contributed by atoms with Crippen molar-refractivity contribution < 1.29 is 29.3 Å². The average Bonchev–Trinajstić information content (AvgIpc) is 1.97. The van der Waals surface area contributed by atoms with Gasteiger partial charge < -0.3 is 19.7 Å². The van der Waals surface area contributed by atoms with Crippen LogP contribution in [0.3, 0.4) is 0 Å². The Morgan fingerprint density at radius 2 is 2.08 bits per heavy atom. The summed E-state index contributed by atoms with van der Waals surface area (Å²) >= 11 is 0. The van der Waals surface area contributed by atoms with Crippen molar-refractivity contribution >= 4 is 12.1 Å². The van der Waals surface area contributed by atoms with E-state index in [0.717, 1.165) is 6.92 Å². The molecule has 0 saturated carbocycles. The van der Waals surface area contributed by atoms with Crippen LogP contribution in [0, 0.1) is 0 Å². The average molecular weight is 178 g/mol. The van der Waals surface area contributed by atoms with Crippen LogP contribution in [0.1, 0.15) is 6.92 Å². The minimum Gasteiger partial charge on any atom is -0.456 e.